The molecule has 2 aromatic carbocycles. The SMILES string of the molecule is Cc1ccc2c(c1)OC(=O)CN2CC(=O)Nc1cccc(C(F)(F)F)c1. The Bertz CT molecular complexity index is 865. The Labute approximate surface area is 147 Å². The molecule has 0 bridgehead atoms. The lowest BCUT2D eigenvalue weighted by atomic mass is 10.1. The third-order valence-corrected chi connectivity index (χ3v) is 3.81. The van der Waals surface area contributed by atoms with Crippen LogP contribution in [-0.2, 0) is 15.8 Å². The molecule has 136 valence electrons. The van der Waals surface area contributed by atoms with Crippen molar-refractivity contribution in [2.75, 3.05) is 23.3 Å². The van der Waals surface area contributed by atoms with Gasteiger partial charge in [-0.25, -0.2) is 4.79 Å². The average Bonchev–Trinajstić information content (AvgIpc) is 2.53. The van der Waals surface area contributed by atoms with Gasteiger partial charge < -0.3 is 15.0 Å². The highest BCUT2D eigenvalue weighted by Gasteiger charge is 2.31. The second-order valence-electron chi connectivity index (χ2n) is 5.93. The van der Waals surface area contributed by atoms with Crippen LogP contribution in [0.1, 0.15) is 11.1 Å². The van der Waals surface area contributed by atoms with Gasteiger partial charge in [0.1, 0.15) is 6.54 Å². The summed E-state index contributed by atoms with van der Waals surface area (Å²) in [5.41, 5.74) is 0.660. The molecule has 0 fully saturated rings. The molecule has 0 radical (unpaired) electrons. The van der Waals surface area contributed by atoms with E-state index in [2.05, 4.69) is 5.32 Å². The van der Waals surface area contributed by atoms with Crippen LogP contribution in [0.4, 0.5) is 24.5 Å². The minimum Gasteiger partial charge on any atom is -0.423 e. The molecule has 0 aromatic heterocycles. The minimum atomic E-state index is -4.49. The molecule has 1 heterocycles. The van der Waals surface area contributed by atoms with Crippen LogP contribution in [0.15, 0.2) is 42.5 Å². The first kappa shape index (κ1) is 17.8. The predicted molar refractivity (Wildman–Crippen MR) is 89.1 cm³/mol. The molecule has 0 saturated heterocycles. The fourth-order valence-corrected chi connectivity index (χ4v) is 2.65. The molecule has 26 heavy (non-hydrogen) atoms. The zero-order valence-corrected chi connectivity index (χ0v) is 13.8. The number of rotatable bonds is 3. The number of amides is 1. The maximum absolute atomic E-state index is 12.7. The topological polar surface area (TPSA) is 58.6 Å². The molecule has 1 N–H and O–H groups in total. The van der Waals surface area contributed by atoms with Gasteiger partial charge in [-0.3, -0.25) is 4.79 Å². The Kier molecular flexibility index (Phi) is 4.58. The molecule has 8 heteroatoms. The van der Waals surface area contributed by atoms with E-state index >= 15 is 0 Å². The van der Waals surface area contributed by atoms with Crippen LogP contribution in [0.3, 0.4) is 0 Å². The zero-order valence-electron chi connectivity index (χ0n) is 13.8. The highest BCUT2D eigenvalue weighted by molar-refractivity contribution is 5.96. The Morgan fingerprint density at radius 1 is 1.23 bits per heavy atom. The van der Waals surface area contributed by atoms with Gasteiger partial charge in [0.05, 0.1) is 17.8 Å². The monoisotopic (exact) mass is 364 g/mol. The number of anilines is 2. The number of hydrogen-bond acceptors (Lipinski definition) is 4. The van der Waals surface area contributed by atoms with E-state index in [4.69, 9.17) is 4.74 Å². The first-order chi connectivity index (χ1) is 12.2. The number of fused-ring (bicyclic) bond motifs is 1. The minimum absolute atomic E-state index is 0.0357. The summed E-state index contributed by atoms with van der Waals surface area (Å²) in [7, 11) is 0. The predicted octanol–water partition coefficient (Wildman–Crippen LogP) is 3.38. The molecule has 3 rings (SSSR count). The highest BCUT2D eigenvalue weighted by Crippen LogP contribution is 2.33. The fourth-order valence-electron chi connectivity index (χ4n) is 2.65. The van der Waals surface area contributed by atoms with Crippen LogP contribution in [-0.4, -0.2) is 25.0 Å². The molecule has 2 aromatic rings. The summed E-state index contributed by atoms with van der Waals surface area (Å²) < 4.78 is 43.4. The number of aryl methyl sites for hydroxylation is 1. The molecule has 1 aliphatic rings. The molecule has 0 saturated carbocycles. The number of esters is 1. The number of carbonyl (C=O) groups excluding carboxylic acids is 2. The lowest BCUT2D eigenvalue weighted by molar-refractivity contribution is -0.137. The summed E-state index contributed by atoms with van der Waals surface area (Å²) in [6, 6.07) is 9.60. The number of alkyl halides is 3. The summed E-state index contributed by atoms with van der Waals surface area (Å²) in [4.78, 5) is 25.5. The molecular weight excluding hydrogens is 349 g/mol. The van der Waals surface area contributed by atoms with E-state index in [1.165, 1.54) is 17.0 Å². The quantitative estimate of drug-likeness (QED) is 0.670. The van der Waals surface area contributed by atoms with E-state index in [9.17, 15) is 22.8 Å². The van der Waals surface area contributed by atoms with E-state index in [1.54, 1.807) is 12.1 Å². The maximum atomic E-state index is 12.7. The molecule has 1 aliphatic heterocycles. The molecule has 1 amide bonds. The Balaban J connectivity index is 1.74. The van der Waals surface area contributed by atoms with Gasteiger partial charge in [-0.2, -0.15) is 13.2 Å². The number of carbonyl (C=O) groups is 2. The van der Waals surface area contributed by atoms with E-state index in [-0.39, 0.29) is 18.8 Å². The normalized spacial score (nSPS) is 13.8. The van der Waals surface area contributed by atoms with Crippen LogP contribution in [0.2, 0.25) is 0 Å². The molecule has 0 aliphatic carbocycles. The van der Waals surface area contributed by atoms with Crippen molar-refractivity contribution < 1.29 is 27.5 Å². The third kappa shape index (κ3) is 3.96. The van der Waals surface area contributed by atoms with Crippen molar-refractivity contribution in [1.29, 1.82) is 0 Å². The second kappa shape index (κ2) is 6.70. The maximum Gasteiger partial charge on any atom is 0.416 e. The molecule has 0 unspecified atom stereocenters. The molecule has 0 spiro atoms. The van der Waals surface area contributed by atoms with Gasteiger partial charge in [0.25, 0.3) is 0 Å². The number of nitrogens with zero attached hydrogens (tertiary/aromatic N) is 1. The fraction of sp³-hybridized carbons (Fsp3) is 0.222. The van der Waals surface area contributed by atoms with Gasteiger partial charge in [0.15, 0.2) is 5.75 Å². The summed E-state index contributed by atoms with van der Waals surface area (Å²) in [6.07, 6.45) is -4.49. The number of halogens is 3. The van der Waals surface area contributed by atoms with E-state index in [1.807, 2.05) is 13.0 Å². The standard InChI is InChI=1S/C18H15F3N2O3/c1-11-5-6-14-15(7-11)26-17(25)10-23(14)9-16(24)22-13-4-2-3-12(8-13)18(19,20)21/h2-8H,9-10H2,1H3,(H,22,24). The van der Waals surface area contributed by atoms with Crippen LogP contribution in [0.5, 0.6) is 5.75 Å². The van der Waals surface area contributed by atoms with Gasteiger partial charge in [0.2, 0.25) is 5.91 Å². The number of benzene rings is 2. The summed E-state index contributed by atoms with van der Waals surface area (Å²) in [5.74, 6) is -0.686. The third-order valence-electron chi connectivity index (χ3n) is 3.81. The molecular formula is C18H15F3N2O3. The zero-order chi connectivity index (χ0) is 18.9. The van der Waals surface area contributed by atoms with Crippen LogP contribution in [0, 0.1) is 6.92 Å². The summed E-state index contributed by atoms with van der Waals surface area (Å²) in [6.45, 7) is 1.53. The van der Waals surface area contributed by atoms with Crippen molar-refractivity contribution in [2.24, 2.45) is 0 Å². The lowest BCUT2D eigenvalue weighted by Crippen LogP contribution is -2.41. The summed E-state index contributed by atoms with van der Waals surface area (Å²) in [5, 5.41) is 2.43. The van der Waals surface area contributed by atoms with E-state index in [0.29, 0.717) is 11.4 Å². The highest BCUT2D eigenvalue weighted by atomic mass is 19.4. The van der Waals surface area contributed by atoms with Crippen LogP contribution in [0.25, 0.3) is 0 Å². The van der Waals surface area contributed by atoms with Crippen molar-refractivity contribution in [3.63, 3.8) is 0 Å². The van der Waals surface area contributed by atoms with Crippen molar-refractivity contribution in [3.05, 3.63) is 53.6 Å². The van der Waals surface area contributed by atoms with Crippen LogP contribution >= 0.6 is 0 Å². The van der Waals surface area contributed by atoms with E-state index in [0.717, 1.165) is 17.7 Å². The Hall–Kier alpha value is -3.03. The van der Waals surface area contributed by atoms with Crippen molar-refractivity contribution in [1.82, 2.24) is 0 Å². The smallest absolute Gasteiger partial charge is 0.416 e. The lowest BCUT2D eigenvalue weighted by Gasteiger charge is -2.29. The van der Waals surface area contributed by atoms with Crippen molar-refractivity contribution in [3.8, 4) is 5.75 Å². The molecule has 0 atom stereocenters. The van der Waals surface area contributed by atoms with Gasteiger partial charge in [-0.1, -0.05) is 12.1 Å². The summed E-state index contributed by atoms with van der Waals surface area (Å²) >= 11 is 0. The number of nitrogens with one attached hydrogen (secondary N) is 1. The Morgan fingerprint density at radius 3 is 2.73 bits per heavy atom. The second-order valence-corrected chi connectivity index (χ2v) is 5.93. The Morgan fingerprint density at radius 2 is 2.00 bits per heavy atom. The van der Waals surface area contributed by atoms with E-state index < -0.39 is 23.6 Å². The first-order valence-corrected chi connectivity index (χ1v) is 7.76. The van der Waals surface area contributed by atoms with Gasteiger partial charge in [-0.05, 0) is 42.8 Å². The molecule has 5 nitrogen and oxygen atoms in total. The van der Waals surface area contributed by atoms with Crippen molar-refractivity contribution in [2.45, 2.75) is 13.1 Å². The largest absolute Gasteiger partial charge is 0.423 e. The number of ether oxygens (including phenoxy) is 1. The van der Waals surface area contributed by atoms with Gasteiger partial charge >= 0.3 is 12.1 Å². The first-order valence-electron chi connectivity index (χ1n) is 7.76. The number of hydrogen-bond donors (Lipinski definition) is 1. The van der Waals surface area contributed by atoms with Crippen molar-refractivity contribution >= 4 is 23.3 Å². The average molecular weight is 364 g/mol. The van der Waals surface area contributed by atoms with Gasteiger partial charge in [0, 0.05) is 5.69 Å². The van der Waals surface area contributed by atoms with Crippen LogP contribution < -0.4 is 15.0 Å². The van der Waals surface area contributed by atoms with Gasteiger partial charge in [-0.15, -0.1) is 0 Å².